The highest BCUT2D eigenvalue weighted by Gasteiger charge is 2.48. The van der Waals surface area contributed by atoms with Crippen LogP contribution in [0.3, 0.4) is 0 Å². The summed E-state index contributed by atoms with van der Waals surface area (Å²) in [5.41, 5.74) is 1.63. The molecule has 1 fully saturated rings. The molecule has 1 aliphatic heterocycles. The Labute approximate surface area is 197 Å². The van der Waals surface area contributed by atoms with Gasteiger partial charge in [0.2, 0.25) is 5.91 Å². The van der Waals surface area contributed by atoms with Gasteiger partial charge < -0.3 is 14.8 Å². The van der Waals surface area contributed by atoms with Crippen LogP contribution in [0.1, 0.15) is 55.6 Å². The van der Waals surface area contributed by atoms with E-state index in [0.29, 0.717) is 29.7 Å². The number of carbonyl (C=O) groups is 2. The van der Waals surface area contributed by atoms with Crippen molar-refractivity contribution in [2.45, 2.75) is 64.2 Å². The van der Waals surface area contributed by atoms with E-state index < -0.39 is 5.54 Å². The number of nitrogens with one attached hydrogen (secondary N) is 1. The highest BCUT2D eigenvalue weighted by atomic mass is 35.5. The predicted octanol–water partition coefficient (Wildman–Crippen LogP) is 5.47. The maximum absolute atomic E-state index is 13.8. The Morgan fingerprint density at radius 3 is 2.72 bits per heavy atom. The van der Waals surface area contributed by atoms with Gasteiger partial charge in [-0.15, -0.1) is 11.3 Å². The molecule has 1 aromatic carbocycles. The molecule has 0 spiro atoms. The molecule has 5 rings (SSSR count). The van der Waals surface area contributed by atoms with Crippen LogP contribution < -0.4 is 5.32 Å². The number of halogens is 1. The van der Waals surface area contributed by atoms with Crippen molar-refractivity contribution in [1.29, 1.82) is 0 Å². The summed E-state index contributed by atoms with van der Waals surface area (Å²) < 4.78 is 3.10. The van der Waals surface area contributed by atoms with Crippen molar-refractivity contribution in [3.63, 3.8) is 0 Å². The average Bonchev–Trinajstić information content (AvgIpc) is 3.36. The SMILES string of the molecule is C[C@@H]1CCCC[C@@H]1NC(=O)[C@@]1(C)Cn2c(cc3sccc32)C(=O)N1Cc1ccc(Cl)cc1. The Morgan fingerprint density at radius 1 is 1.22 bits per heavy atom. The zero-order valence-corrected chi connectivity index (χ0v) is 20.0. The molecule has 168 valence electrons. The molecule has 32 heavy (non-hydrogen) atoms. The number of amides is 2. The number of thiophene rings is 1. The zero-order chi connectivity index (χ0) is 22.5. The van der Waals surface area contributed by atoms with Crippen LogP contribution in [0.4, 0.5) is 0 Å². The van der Waals surface area contributed by atoms with Crippen molar-refractivity contribution in [2.24, 2.45) is 5.92 Å². The normalized spacial score (nSPS) is 25.7. The molecule has 3 aromatic rings. The van der Waals surface area contributed by atoms with Gasteiger partial charge in [0.05, 0.1) is 16.8 Å². The molecule has 0 saturated heterocycles. The molecule has 0 bridgehead atoms. The van der Waals surface area contributed by atoms with Crippen LogP contribution in [0.5, 0.6) is 0 Å². The highest BCUT2D eigenvalue weighted by Crippen LogP contribution is 2.36. The number of carbonyl (C=O) groups excluding carboxylic acids is 2. The first-order chi connectivity index (χ1) is 15.4. The molecule has 0 unspecified atom stereocenters. The molecule has 1 aliphatic carbocycles. The van der Waals surface area contributed by atoms with Crippen molar-refractivity contribution in [1.82, 2.24) is 14.8 Å². The monoisotopic (exact) mass is 469 g/mol. The van der Waals surface area contributed by atoms with Crippen LogP contribution in [0.25, 0.3) is 10.2 Å². The second-order valence-corrected chi connectivity index (χ2v) is 10.8. The Morgan fingerprint density at radius 2 is 1.97 bits per heavy atom. The number of rotatable bonds is 4. The fraction of sp³-hybridized carbons (Fsp3) is 0.440. The van der Waals surface area contributed by atoms with Crippen LogP contribution in [0.2, 0.25) is 5.02 Å². The molecule has 2 amide bonds. The summed E-state index contributed by atoms with van der Waals surface area (Å²) in [7, 11) is 0. The smallest absolute Gasteiger partial charge is 0.271 e. The third-order valence-corrected chi connectivity index (χ3v) is 8.32. The zero-order valence-electron chi connectivity index (χ0n) is 18.4. The van der Waals surface area contributed by atoms with Gasteiger partial charge in [0.25, 0.3) is 5.91 Å². The summed E-state index contributed by atoms with van der Waals surface area (Å²) in [4.78, 5) is 29.3. The van der Waals surface area contributed by atoms with Crippen LogP contribution in [0.15, 0.2) is 41.8 Å². The van der Waals surface area contributed by atoms with E-state index in [1.807, 2.05) is 53.3 Å². The lowest BCUT2D eigenvalue weighted by molar-refractivity contribution is -0.134. The topological polar surface area (TPSA) is 54.3 Å². The van der Waals surface area contributed by atoms with Gasteiger partial charge in [-0.05, 0) is 60.9 Å². The second kappa shape index (κ2) is 8.23. The first kappa shape index (κ1) is 21.5. The summed E-state index contributed by atoms with van der Waals surface area (Å²) in [6, 6.07) is 11.6. The molecule has 7 heteroatoms. The summed E-state index contributed by atoms with van der Waals surface area (Å²) in [6.45, 7) is 4.92. The van der Waals surface area contributed by atoms with Crippen LogP contribution in [-0.4, -0.2) is 32.9 Å². The van der Waals surface area contributed by atoms with Crippen LogP contribution in [0, 0.1) is 5.92 Å². The third-order valence-electron chi connectivity index (χ3n) is 7.22. The summed E-state index contributed by atoms with van der Waals surface area (Å²) in [5.74, 6) is 0.274. The Hall–Kier alpha value is -2.31. The minimum Gasteiger partial charge on any atom is -0.351 e. The first-order valence-electron chi connectivity index (χ1n) is 11.3. The van der Waals surface area contributed by atoms with Gasteiger partial charge in [-0.1, -0.05) is 43.5 Å². The summed E-state index contributed by atoms with van der Waals surface area (Å²) >= 11 is 7.68. The molecule has 2 aliphatic rings. The standard InChI is InChI=1S/C25H28ClN3O2S/c1-16-5-3-4-6-19(16)27-24(31)25(2)15-28-20-11-12-32-22(20)13-21(28)23(30)29(25)14-17-7-9-18(26)10-8-17/h7-13,16,19H,3-6,14-15H2,1-2H3,(H,27,31)/t16-,19+,25-/m1/s1. The maximum atomic E-state index is 13.8. The predicted molar refractivity (Wildman–Crippen MR) is 129 cm³/mol. The van der Waals surface area contributed by atoms with Crippen molar-refractivity contribution < 1.29 is 9.59 Å². The average molecular weight is 470 g/mol. The number of aromatic nitrogens is 1. The third kappa shape index (κ3) is 3.63. The van der Waals surface area contributed by atoms with Crippen LogP contribution >= 0.6 is 22.9 Å². The van der Waals surface area contributed by atoms with Crippen molar-refractivity contribution in [3.05, 3.63) is 58.1 Å². The minimum absolute atomic E-state index is 0.0682. The Kier molecular flexibility index (Phi) is 5.54. The fourth-order valence-corrected chi connectivity index (χ4v) is 6.10. The molecule has 3 atom stereocenters. The van der Waals surface area contributed by atoms with E-state index >= 15 is 0 Å². The summed E-state index contributed by atoms with van der Waals surface area (Å²) in [5, 5.41) is 6.01. The molecule has 0 radical (unpaired) electrons. The quantitative estimate of drug-likeness (QED) is 0.551. The minimum atomic E-state index is -0.991. The highest BCUT2D eigenvalue weighted by molar-refractivity contribution is 7.17. The molecule has 3 heterocycles. The lowest BCUT2D eigenvalue weighted by Gasteiger charge is -2.45. The Bertz CT molecular complexity index is 1170. The lowest BCUT2D eigenvalue weighted by atomic mass is 9.85. The van der Waals surface area contributed by atoms with Crippen molar-refractivity contribution >= 4 is 45.0 Å². The molecule has 1 saturated carbocycles. The van der Waals surface area contributed by atoms with Gasteiger partial charge >= 0.3 is 0 Å². The van der Waals surface area contributed by atoms with E-state index in [4.69, 9.17) is 11.6 Å². The van der Waals surface area contributed by atoms with E-state index in [-0.39, 0.29) is 17.9 Å². The second-order valence-electron chi connectivity index (χ2n) is 9.42. The molecular formula is C25H28ClN3O2S. The number of fused-ring (bicyclic) bond motifs is 3. The number of hydrogen-bond acceptors (Lipinski definition) is 3. The van der Waals surface area contributed by atoms with Crippen molar-refractivity contribution in [3.8, 4) is 0 Å². The fourth-order valence-electron chi connectivity index (χ4n) is 5.15. The van der Waals surface area contributed by atoms with E-state index in [2.05, 4.69) is 12.2 Å². The molecule has 5 nitrogen and oxygen atoms in total. The molecule has 2 aromatic heterocycles. The van der Waals surface area contributed by atoms with Gasteiger partial charge in [0.1, 0.15) is 11.2 Å². The van der Waals surface area contributed by atoms with E-state index in [1.165, 1.54) is 6.42 Å². The number of benzene rings is 1. The maximum Gasteiger partial charge on any atom is 0.271 e. The van der Waals surface area contributed by atoms with Crippen molar-refractivity contribution in [2.75, 3.05) is 0 Å². The van der Waals surface area contributed by atoms with E-state index in [1.54, 1.807) is 16.2 Å². The Balaban J connectivity index is 1.52. The number of hydrogen-bond donors (Lipinski definition) is 1. The van der Waals surface area contributed by atoms with E-state index in [9.17, 15) is 9.59 Å². The summed E-state index contributed by atoms with van der Waals surface area (Å²) in [6.07, 6.45) is 4.48. The lowest BCUT2D eigenvalue weighted by Crippen LogP contribution is -2.65. The first-order valence-corrected chi connectivity index (χ1v) is 12.6. The van der Waals surface area contributed by atoms with E-state index in [0.717, 1.165) is 35.0 Å². The molecular weight excluding hydrogens is 442 g/mol. The molecule has 1 N–H and O–H groups in total. The van der Waals surface area contributed by atoms with Gasteiger partial charge in [-0.25, -0.2) is 0 Å². The van der Waals surface area contributed by atoms with Gasteiger partial charge in [0, 0.05) is 17.6 Å². The van der Waals surface area contributed by atoms with Gasteiger partial charge in [-0.3, -0.25) is 9.59 Å². The van der Waals surface area contributed by atoms with Gasteiger partial charge in [-0.2, -0.15) is 0 Å². The van der Waals surface area contributed by atoms with Crippen LogP contribution in [-0.2, 0) is 17.9 Å². The largest absolute Gasteiger partial charge is 0.351 e. The van der Waals surface area contributed by atoms with Gasteiger partial charge in [0.15, 0.2) is 0 Å². The number of nitrogens with zero attached hydrogens (tertiary/aromatic N) is 2.